The molecule has 1 saturated heterocycles. The third kappa shape index (κ3) is 3.13. The zero-order chi connectivity index (χ0) is 14.8. The molecule has 2 aromatic rings. The molecule has 0 spiro atoms. The van der Waals surface area contributed by atoms with Crippen molar-refractivity contribution in [1.82, 2.24) is 19.8 Å². The summed E-state index contributed by atoms with van der Waals surface area (Å²) in [6, 6.07) is 7.37. The molecule has 1 unspecified atom stereocenters. The lowest BCUT2D eigenvalue weighted by molar-refractivity contribution is -0.132. The van der Waals surface area contributed by atoms with Gasteiger partial charge in [0.05, 0.1) is 17.2 Å². The minimum atomic E-state index is -0.174. The van der Waals surface area contributed by atoms with E-state index in [9.17, 15) is 9.59 Å². The first-order valence-electron chi connectivity index (χ1n) is 7.07. The Kier molecular flexibility index (Phi) is 5.15. The van der Waals surface area contributed by atoms with E-state index in [1.165, 1.54) is 10.9 Å². The molecule has 1 fully saturated rings. The van der Waals surface area contributed by atoms with Gasteiger partial charge in [0.2, 0.25) is 5.91 Å². The number of halogens is 1. The van der Waals surface area contributed by atoms with Gasteiger partial charge in [-0.25, -0.2) is 4.98 Å². The lowest BCUT2D eigenvalue weighted by Crippen LogP contribution is -2.41. The summed E-state index contributed by atoms with van der Waals surface area (Å²) in [6.45, 7) is 1.77. The summed E-state index contributed by atoms with van der Waals surface area (Å²) in [5, 5.41) is 3.77. The van der Waals surface area contributed by atoms with Gasteiger partial charge in [0.25, 0.3) is 5.56 Å². The highest BCUT2D eigenvalue weighted by Gasteiger charge is 2.23. The number of rotatable bonds is 3. The molecule has 0 saturated carbocycles. The number of para-hydroxylation sites is 1. The summed E-state index contributed by atoms with van der Waals surface area (Å²) in [4.78, 5) is 30.6. The van der Waals surface area contributed by atoms with E-state index >= 15 is 0 Å². The fourth-order valence-electron chi connectivity index (χ4n) is 2.65. The second kappa shape index (κ2) is 6.89. The summed E-state index contributed by atoms with van der Waals surface area (Å²) in [5.74, 6) is -0.0668. The van der Waals surface area contributed by atoms with E-state index in [4.69, 9.17) is 0 Å². The van der Waals surface area contributed by atoms with Crippen molar-refractivity contribution < 1.29 is 4.79 Å². The number of nitrogens with one attached hydrogen (secondary N) is 1. The third-order valence-corrected chi connectivity index (χ3v) is 4.01. The maximum atomic E-state index is 12.3. The maximum absolute atomic E-state index is 12.3. The highest BCUT2D eigenvalue weighted by molar-refractivity contribution is 5.85. The van der Waals surface area contributed by atoms with Crippen LogP contribution in [0.4, 0.5) is 0 Å². The quantitative estimate of drug-likeness (QED) is 0.900. The van der Waals surface area contributed by atoms with E-state index in [0.29, 0.717) is 10.9 Å². The van der Waals surface area contributed by atoms with Crippen molar-refractivity contribution in [3.63, 3.8) is 0 Å². The van der Waals surface area contributed by atoms with Crippen molar-refractivity contribution in [2.24, 2.45) is 0 Å². The van der Waals surface area contributed by atoms with E-state index in [0.717, 1.165) is 19.5 Å². The second-order valence-corrected chi connectivity index (χ2v) is 5.35. The van der Waals surface area contributed by atoms with Crippen LogP contribution in [0.3, 0.4) is 0 Å². The van der Waals surface area contributed by atoms with Gasteiger partial charge in [0.1, 0.15) is 6.54 Å². The van der Waals surface area contributed by atoms with Crippen molar-refractivity contribution in [2.75, 3.05) is 20.1 Å². The van der Waals surface area contributed by atoms with Crippen LogP contribution < -0.4 is 10.9 Å². The van der Waals surface area contributed by atoms with Crippen LogP contribution >= 0.6 is 12.4 Å². The number of carbonyl (C=O) groups is 1. The van der Waals surface area contributed by atoms with Crippen LogP contribution in [0, 0.1) is 0 Å². The van der Waals surface area contributed by atoms with Crippen molar-refractivity contribution in [2.45, 2.75) is 19.0 Å². The van der Waals surface area contributed by atoms with Gasteiger partial charge in [-0.05, 0) is 25.1 Å². The molecule has 0 bridgehead atoms. The number of hydrogen-bond donors (Lipinski definition) is 1. The molecular weight excluding hydrogens is 304 g/mol. The van der Waals surface area contributed by atoms with Gasteiger partial charge in [-0.15, -0.1) is 12.4 Å². The van der Waals surface area contributed by atoms with Gasteiger partial charge in [0, 0.05) is 19.6 Å². The predicted octanol–water partition coefficient (Wildman–Crippen LogP) is 0.639. The maximum Gasteiger partial charge on any atom is 0.261 e. The fraction of sp³-hybridized carbons (Fsp3) is 0.400. The second-order valence-electron chi connectivity index (χ2n) is 5.35. The molecule has 0 aliphatic carbocycles. The van der Waals surface area contributed by atoms with Gasteiger partial charge in [-0.3, -0.25) is 14.2 Å². The summed E-state index contributed by atoms with van der Waals surface area (Å²) in [5.41, 5.74) is 0.478. The van der Waals surface area contributed by atoms with Crippen LogP contribution in [0.2, 0.25) is 0 Å². The average molecular weight is 323 g/mol. The van der Waals surface area contributed by atoms with Gasteiger partial charge in [0.15, 0.2) is 0 Å². The molecule has 7 heteroatoms. The topological polar surface area (TPSA) is 67.2 Å². The molecule has 1 atom stereocenters. The van der Waals surface area contributed by atoms with Gasteiger partial charge in [-0.2, -0.15) is 0 Å². The number of benzene rings is 1. The average Bonchev–Trinajstić information content (AvgIpc) is 3.04. The zero-order valence-electron chi connectivity index (χ0n) is 12.4. The number of hydrogen-bond acceptors (Lipinski definition) is 4. The van der Waals surface area contributed by atoms with E-state index in [1.54, 1.807) is 30.1 Å². The monoisotopic (exact) mass is 322 g/mol. The number of carbonyl (C=O) groups excluding carboxylic acids is 1. The molecule has 1 N–H and O–H groups in total. The molecule has 2 heterocycles. The molecule has 118 valence electrons. The van der Waals surface area contributed by atoms with E-state index < -0.39 is 0 Å². The van der Waals surface area contributed by atoms with E-state index in [2.05, 4.69) is 10.3 Å². The van der Waals surface area contributed by atoms with Gasteiger partial charge >= 0.3 is 0 Å². The highest BCUT2D eigenvalue weighted by atomic mass is 35.5. The zero-order valence-corrected chi connectivity index (χ0v) is 13.2. The summed E-state index contributed by atoms with van der Waals surface area (Å²) in [7, 11) is 1.79. The first-order chi connectivity index (χ1) is 10.2. The molecule has 6 nitrogen and oxygen atoms in total. The first kappa shape index (κ1) is 16.5. The molecule has 1 aliphatic heterocycles. The Morgan fingerprint density at radius 1 is 1.45 bits per heavy atom. The minimum absolute atomic E-state index is 0. The number of amides is 1. The van der Waals surface area contributed by atoms with Crippen LogP contribution in [-0.2, 0) is 11.3 Å². The van der Waals surface area contributed by atoms with Crippen molar-refractivity contribution in [3.8, 4) is 0 Å². The van der Waals surface area contributed by atoms with Crippen molar-refractivity contribution in [1.29, 1.82) is 0 Å². The Morgan fingerprint density at radius 2 is 2.23 bits per heavy atom. The third-order valence-electron chi connectivity index (χ3n) is 4.01. The Labute approximate surface area is 134 Å². The van der Waals surface area contributed by atoms with Crippen molar-refractivity contribution >= 4 is 29.2 Å². The number of aromatic nitrogens is 2. The van der Waals surface area contributed by atoms with Gasteiger partial charge in [-0.1, -0.05) is 12.1 Å². The smallest absolute Gasteiger partial charge is 0.261 e. The lowest BCUT2D eigenvalue weighted by atomic mass is 10.2. The molecule has 22 heavy (non-hydrogen) atoms. The molecule has 3 rings (SSSR count). The first-order valence-corrected chi connectivity index (χ1v) is 7.07. The summed E-state index contributed by atoms with van der Waals surface area (Å²) in [6.07, 6.45) is 2.40. The van der Waals surface area contributed by atoms with Crippen LogP contribution in [-0.4, -0.2) is 46.5 Å². The van der Waals surface area contributed by atoms with Crippen LogP contribution in [0.1, 0.15) is 6.42 Å². The Balaban J connectivity index is 0.00000176. The van der Waals surface area contributed by atoms with Gasteiger partial charge < -0.3 is 10.2 Å². The Hall–Kier alpha value is -1.92. The van der Waals surface area contributed by atoms with E-state index in [1.807, 2.05) is 6.07 Å². The fourth-order valence-corrected chi connectivity index (χ4v) is 2.65. The molecule has 0 radical (unpaired) electrons. The standard InChI is InChI=1S/C15H18N4O2.ClH/c1-18(11-6-7-16-8-11)14(20)9-19-10-17-13-5-3-2-4-12(13)15(19)21;/h2-5,10-11,16H,6-9H2,1H3;1H. The number of nitrogens with zero attached hydrogens (tertiary/aromatic N) is 3. The molecular formula is C15H19ClN4O2. The Bertz CT molecular complexity index is 725. The van der Waals surface area contributed by atoms with Crippen molar-refractivity contribution in [3.05, 3.63) is 40.9 Å². The van der Waals surface area contributed by atoms with Crippen LogP contribution in [0.15, 0.2) is 35.4 Å². The SMILES string of the molecule is CN(C(=O)Cn1cnc2ccccc2c1=O)C1CCNC1.Cl. The summed E-state index contributed by atoms with van der Waals surface area (Å²) >= 11 is 0. The predicted molar refractivity (Wildman–Crippen MR) is 87.3 cm³/mol. The number of likely N-dealkylation sites (N-methyl/N-ethyl adjacent to an activating group) is 1. The molecule has 1 amide bonds. The largest absolute Gasteiger partial charge is 0.340 e. The van der Waals surface area contributed by atoms with Crippen LogP contribution in [0.25, 0.3) is 10.9 Å². The molecule has 1 aromatic carbocycles. The molecule has 1 aromatic heterocycles. The van der Waals surface area contributed by atoms with E-state index in [-0.39, 0.29) is 36.5 Å². The van der Waals surface area contributed by atoms with Crippen LogP contribution in [0.5, 0.6) is 0 Å². The highest BCUT2D eigenvalue weighted by Crippen LogP contribution is 2.08. The number of fused-ring (bicyclic) bond motifs is 1. The lowest BCUT2D eigenvalue weighted by Gasteiger charge is -2.24. The normalized spacial score (nSPS) is 17.2. The minimum Gasteiger partial charge on any atom is -0.340 e. The Morgan fingerprint density at radius 3 is 2.95 bits per heavy atom. The molecule has 1 aliphatic rings. The summed E-state index contributed by atoms with van der Waals surface area (Å²) < 4.78 is 1.38.